The Hall–Kier alpha value is -6.34. The molecule has 0 saturated carbocycles. The molecule has 2 N–H and O–H groups in total. The van der Waals surface area contributed by atoms with E-state index < -0.39 is 23.0 Å². The topological polar surface area (TPSA) is 181 Å². The zero-order valence-electron chi connectivity index (χ0n) is 45.5. The molecule has 0 spiro atoms. The number of nitrogens with zero attached hydrogens (tertiary/aromatic N) is 5. The van der Waals surface area contributed by atoms with Crippen molar-refractivity contribution in [3.63, 3.8) is 0 Å². The lowest BCUT2D eigenvalue weighted by molar-refractivity contribution is -0.136. The third-order valence-electron chi connectivity index (χ3n) is 15.0. The van der Waals surface area contributed by atoms with Crippen LogP contribution >= 0.6 is 23.2 Å². The third-order valence-corrected chi connectivity index (χ3v) is 15.5. The number of rotatable bonds is 22. The van der Waals surface area contributed by atoms with E-state index in [1.165, 1.54) is 4.90 Å². The Balaban J connectivity index is 0.768. The van der Waals surface area contributed by atoms with E-state index in [1.54, 1.807) is 21.9 Å². The van der Waals surface area contributed by atoms with Crippen molar-refractivity contribution in [3.8, 4) is 5.75 Å². The lowest BCUT2D eigenvalue weighted by atomic mass is 9.71. The molecular formula is C59H71Cl2N7O10. The second-order valence-corrected chi connectivity index (χ2v) is 21.8. The summed E-state index contributed by atoms with van der Waals surface area (Å²) in [7, 11) is 0. The van der Waals surface area contributed by atoms with Crippen LogP contribution in [0.4, 0.5) is 10.5 Å². The van der Waals surface area contributed by atoms with Crippen LogP contribution in [0.1, 0.15) is 99.0 Å². The van der Waals surface area contributed by atoms with Crippen molar-refractivity contribution in [3.05, 3.63) is 135 Å². The van der Waals surface area contributed by atoms with E-state index in [9.17, 15) is 19.2 Å². The van der Waals surface area contributed by atoms with Gasteiger partial charge in [-0.05, 0) is 91.8 Å². The van der Waals surface area contributed by atoms with Crippen LogP contribution in [0.15, 0.2) is 96.5 Å². The second kappa shape index (κ2) is 25.2. The zero-order chi connectivity index (χ0) is 55.8. The minimum absolute atomic E-state index is 0.0530. The standard InChI is InChI=1S/C59H71Cl2N7O10/c1-8-78-49-38-42(57(3,4)5)16-21-46(49)53-64-58(6,40-12-17-43(60)18-13-40)59(7,41-14-19-44(61)20-15-41)68(53)56(73)66-28-26-65(27-29-66)51(70)24-30-74-32-34-76-36-37-77-35-33-75-31-25-62-47-11-9-10-45-39(2)67(55(72)52(45)47)48-22-23-50(69)63-54(48)71/h9-21,38,48,62H,2,8,22-37H2,1,3-7H3,(H,63,69,71)/t48?,58-,59+/m0/s1. The fourth-order valence-corrected chi connectivity index (χ4v) is 10.7. The monoisotopic (exact) mass is 1110 g/mol. The number of amides is 6. The Morgan fingerprint density at radius 2 is 1.36 bits per heavy atom. The van der Waals surface area contributed by atoms with Crippen molar-refractivity contribution in [2.45, 2.75) is 83.3 Å². The van der Waals surface area contributed by atoms with E-state index in [0.717, 1.165) is 16.7 Å². The van der Waals surface area contributed by atoms with Crippen molar-refractivity contribution < 1.29 is 47.7 Å². The number of nitrogens with one attached hydrogen (secondary N) is 2. The lowest BCUT2D eigenvalue weighted by Gasteiger charge is -2.47. The SMILES string of the molecule is C=C1c2cccc(NCCOCCOCCOCCOCCC(=O)N3CCN(C(=O)N4C(c5ccc(C(C)(C)C)cc5OCC)=N[C@@](C)(c5ccc(Cl)cc5)[C@@]4(C)c4ccc(Cl)cc4)CC3)c2C(=O)N1C1CCC(=O)NC1=O. The summed E-state index contributed by atoms with van der Waals surface area (Å²) in [6.45, 7) is 21.5. The minimum atomic E-state index is -1.08. The smallest absolute Gasteiger partial charge is 0.326 e. The van der Waals surface area contributed by atoms with Crippen LogP contribution in [-0.2, 0) is 49.8 Å². The number of benzene rings is 4. The van der Waals surface area contributed by atoms with Gasteiger partial charge in [0.1, 0.15) is 28.7 Å². The fraction of sp³-hybridized carbons (Fsp3) is 0.458. The Kier molecular flexibility index (Phi) is 18.7. The van der Waals surface area contributed by atoms with Gasteiger partial charge >= 0.3 is 6.03 Å². The first-order valence-electron chi connectivity index (χ1n) is 26.7. The molecule has 4 aromatic rings. The molecule has 4 heterocycles. The van der Waals surface area contributed by atoms with Gasteiger partial charge in [0.15, 0.2) is 0 Å². The number of hydrogen-bond donors (Lipinski definition) is 2. The van der Waals surface area contributed by atoms with Crippen LogP contribution in [0.25, 0.3) is 5.70 Å². The maximum absolute atomic E-state index is 15.4. The normalized spacial score (nSPS) is 20.5. The summed E-state index contributed by atoms with van der Waals surface area (Å²) in [6, 6.07) is 25.7. The molecule has 2 fully saturated rings. The predicted octanol–water partition coefficient (Wildman–Crippen LogP) is 8.65. The zero-order valence-corrected chi connectivity index (χ0v) is 47.0. The summed E-state index contributed by atoms with van der Waals surface area (Å²) >= 11 is 12.9. The lowest BCUT2D eigenvalue weighted by Crippen LogP contribution is -2.61. The Morgan fingerprint density at radius 3 is 1.96 bits per heavy atom. The first-order chi connectivity index (χ1) is 37.4. The van der Waals surface area contributed by atoms with Gasteiger partial charge in [-0.25, -0.2) is 4.79 Å². The second-order valence-electron chi connectivity index (χ2n) is 20.9. The van der Waals surface area contributed by atoms with E-state index in [1.807, 2.05) is 85.5 Å². The first-order valence-corrected chi connectivity index (χ1v) is 27.4. The average molecular weight is 1110 g/mol. The Bertz CT molecular complexity index is 2890. The summed E-state index contributed by atoms with van der Waals surface area (Å²) in [5.41, 5.74) is 3.36. The molecule has 1 unspecified atom stereocenters. The molecule has 0 bridgehead atoms. The molecule has 0 aromatic heterocycles. The maximum atomic E-state index is 15.4. The van der Waals surface area contributed by atoms with Crippen LogP contribution in [0.3, 0.4) is 0 Å². The van der Waals surface area contributed by atoms with Gasteiger partial charge in [-0.1, -0.05) is 93.0 Å². The van der Waals surface area contributed by atoms with Crippen LogP contribution in [-0.4, -0.2) is 153 Å². The fourth-order valence-electron chi connectivity index (χ4n) is 10.4. The molecule has 4 aliphatic heterocycles. The highest BCUT2D eigenvalue weighted by molar-refractivity contribution is 6.31. The summed E-state index contributed by atoms with van der Waals surface area (Å²) < 4.78 is 29.1. The molecule has 19 heteroatoms. The number of anilines is 1. The molecule has 78 heavy (non-hydrogen) atoms. The van der Waals surface area contributed by atoms with Gasteiger partial charge in [-0.15, -0.1) is 0 Å². The molecule has 17 nitrogen and oxygen atoms in total. The Morgan fingerprint density at radius 1 is 0.769 bits per heavy atom. The molecule has 0 aliphatic carbocycles. The van der Waals surface area contributed by atoms with E-state index in [4.69, 9.17) is 51.9 Å². The predicted molar refractivity (Wildman–Crippen MR) is 300 cm³/mol. The van der Waals surface area contributed by atoms with Gasteiger partial charge in [0, 0.05) is 66.1 Å². The number of carbonyl (C=O) groups is 5. The molecular weight excluding hydrogens is 1040 g/mol. The summed E-state index contributed by atoms with van der Waals surface area (Å²) in [5, 5.41) is 6.72. The number of urea groups is 1. The van der Waals surface area contributed by atoms with Crippen molar-refractivity contribution in [1.29, 1.82) is 0 Å². The summed E-state index contributed by atoms with van der Waals surface area (Å²) in [5.74, 6) is -0.126. The van der Waals surface area contributed by atoms with Crippen LogP contribution in [0.2, 0.25) is 10.0 Å². The highest BCUT2D eigenvalue weighted by atomic mass is 35.5. The highest BCUT2D eigenvalue weighted by Crippen LogP contribution is 2.54. The third kappa shape index (κ3) is 12.4. The first kappa shape index (κ1) is 57.8. The molecule has 8 rings (SSSR count). The number of piperidine rings is 1. The highest BCUT2D eigenvalue weighted by Gasteiger charge is 2.60. The maximum Gasteiger partial charge on any atom is 0.326 e. The van der Waals surface area contributed by atoms with Gasteiger partial charge < -0.3 is 38.8 Å². The van der Waals surface area contributed by atoms with Gasteiger partial charge in [0.25, 0.3) is 5.91 Å². The van der Waals surface area contributed by atoms with Crippen molar-refractivity contribution in [2.24, 2.45) is 4.99 Å². The van der Waals surface area contributed by atoms with E-state index >= 15 is 4.79 Å². The summed E-state index contributed by atoms with van der Waals surface area (Å²) in [4.78, 5) is 78.9. The van der Waals surface area contributed by atoms with Crippen molar-refractivity contribution in [2.75, 3.05) is 97.5 Å². The van der Waals surface area contributed by atoms with E-state index in [-0.39, 0.29) is 55.0 Å². The molecule has 416 valence electrons. The molecule has 0 radical (unpaired) electrons. The van der Waals surface area contributed by atoms with Gasteiger partial charge in [0.2, 0.25) is 17.7 Å². The minimum Gasteiger partial charge on any atom is -0.493 e. The molecule has 2 saturated heterocycles. The quantitative estimate of drug-likeness (QED) is 0.0568. The molecule has 3 atom stereocenters. The van der Waals surface area contributed by atoms with Gasteiger partial charge in [-0.2, -0.15) is 0 Å². The number of aliphatic imine (C=N–C) groups is 1. The molecule has 6 amide bonds. The summed E-state index contributed by atoms with van der Waals surface area (Å²) in [6.07, 6.45) is 0.595. The largest absolute Gasteiger partial charge is 0.493 e. The van der Waals surface area contributed by atoms with Crippen LogP contribution in [0, 0.1) is 0 Å². The average Bonchev–Trinajstić information content (AvgIpc) is 3.88. The number of halogens is 2. The van der Waals surface area contributed by atoms with E-state index in [0.29, 0.717) is 135 Å². The number of fused-ring (bicyclic) bond motifs is 1. The molecule has 4 aromatic carbocycles. The van der Waals surface area contributed by atoms with Crippen molar-refractivity contribution in [1.82, 2.24) is 24.9 Å². The van der Waals surface area contributed by atoms with Crippen LogP contribution in [0.5, 0.6) is 5.75 Å². The number of imide groups is 1. The number of piperazine rings is 1. The molecule has 4 aliphatic rings. The van der Waals surface area contributed by atoms with E-state index in [2.05, 4.69) is 51.0 Å². The Labute approximate surface area is 467 Å². The number of amidine groups is 1. The van der Waals surface area contributed by atoms with Gasteiger partial charge in [0.05, 0.1) is 77.0 Å². The number of ether oxygens (including phenoxy) is 5. The number of hydrogen-bond acceptors (Lipinski definition) is 12. The van der Waals surface area contributed by atoms with Crippen molar-refractivity contribution >= 4 is 70.1 Å². The van der Waals surface area contributed by atoms with Crippen LogP contribution < -0.4 is 15.4 Å². The number of carbonyl (C=O) groups excluding carboxylic acids is 5. The van der Waals surface area contributed by atoms with Gasteiger partial charge in [-0.3, -0.25) is 39.3 Å².